The molecule has 1 saturated heterocycles. The van der Waals surface area contributed by atoms with E-state index in [0.29, 0.717) is 0 Å². The fourth-order valence-electron chi connectivity index (χ4n) is 1.06. The van der Waals surface area contributed by atoms with Crippen LogP contribution in [0.15, 0.2) is 0 Å². The second-order valence-electron chi connectivity index (χ2n) is 3.00. The third-order valence-corrected chi connectivity index (χ3v) is 1.61. The number of esters is 2. The summed E-state index contributed by atoms with van der Waals surface area (Å²) in [4.78, 5) is 43.0. The van der Waals surface area contributed by atoms with Crippen molar-refractivity contribution in [2.24, 2.45) is 0 Å². The lowest BCUT2D eigenvalue weighted by atomic mass is 10.2. The Morgan fingerprint density at radius 3 is 2.57 bits per heavy atom. The standard InChI is InChI=1S/C8H9NO5/c1-4(10)2-6(11)9-5-3-7(12)14-8(5)13/h5H,2-3H2,1H3,(H,9,11)/t5-/m0/s1. The zero-order chi connectivity index (χ0) is 10.7. The second-order valence-corrected chi connectivity index (χ2v) is 3.00. The van der Waals surface area contributed by atoms with Crippen LogP contribution in [0.5, 0.6) is 0 Å². The van der Waals surface area contributed by atoms with Gasteiger partial charge in [0.2, 0.25) is 5.91 Å². The smallest absolute Gasteiger partial charge is 0.336 e. The van der Waals surface area contributed by atoms with Crippen molar-refractivity contribution >= 4 is 23.6 Å². The van der Waals surface area contributed by atoms with E-state index in [1.807, 2.05) is 0 Å². The average Bonchev–Trinajstić information content (AvgIpc) is 2.28. The highest BCUT2D eigenvalue weighted by Gasteiger charge is 2.34. The molecule has 0 aromatic carbocycles. The molecule has 6 nitrogen and oxygen atoms in total. The predicted molar refractivity (Wildman–Crippen MR) is 42.9 cm³/mol. The quantitative estimate of drug-likeness (QED) is 0.461. The molecule has 1 heterocycles. The number of carbonyl (C=O) groups excluding carboxylic acids is 4. The summed E-state index contributed by atoms with van der Waals surface area (Å²) in [6.45, 7) is 1.26. The maximum atomic E-state index is 11.0. The third kappa shape index (κ3) is 2.65. The Morgan fingerprint density at radius 1 is 1.50 bits per heavy atom. The van der Waals surface area contributed by atoms with Gasteiger partial charge in [-0.1, -0.05) is 0 Å². The summed E-state index contributed by atoms with van der Waals surface area (Å²) in [5.74, 6) is -2.32. The molecule has 0 aromatic heterocycles. The third-order valence-electron chi connectivity index (χ3n) is 1.61. The Hall–Kier alpha value is -1.72. The molecule has 76 valence electrons. The number of carbonyl (C=O) groups is 4. The second kappa shape index (κ2) is 3.99. The average molecular weight is 199 g/mol. The molecule has 0 unspecified atom stereocenters. The van der Waals surface area contributed by atoms with Gasteiger partial charge in [-0.25, -0.2) is 4.79 Å². The van der Waals surface area contributed by atoms with Gasteiger partial charge in [0, 0.05) is 0 Å². The Kier molecular flexibility index (Phi) is 2.95. The highest BCUT2D eigenvalue weighted by atomic mass is 16.6. The molecule has 1 aliphatic heterocycles. The van der Waals surface area contributed by atoms with E-state index in [9.17, 15) is 19.2 Å². The SMILES string of the molecule is CC(=O)CC(=O)N[C@H]1CC(=O)OC1=O. The van der Waals surface area contributed by atoms with Crippen molar-refractivity contribution in [3.63, 3.8) is 0 Å². The van der Waals surface area contributed by atoms with Crippen LogP contribution in [0.3, 0.4) is 0 Å². The normalized spacial score (nSPS) is 20.5. The summed E-state index contributed by atoms with van der Waals surface area (Å²) in [7, 11) is 0. The van der Waals surface area contributed by atoms with E-state index >= 15 is 0 Å². The first kappa shape index (κ1) is 10.4. The van der Waals surface area contributed by atoms with Crippen molar-refractivity contribution < 1.29 is 23.9 Å². The lowest BCUT2D eigenvalue weighted by Crippen LogP contribution is -2.38. The molecular weight excluding hydrogens is 190 g/mol. The van der Waals surface area contributed by atoms with Gasteiger partial charge in [-0.15, -0.1) is 0 Å². The van der Waals surface area contributed by atoms with Crippen LogP contribution in [0.1, 0.15) is 19.8 Å². The van der Waals surface area contributed by atoms with Gasteiger partial charge >= 0.3 is 11.9 Å². The first-order valence-corrected chi connectivity index (χ1v) is 4.02. The summed E-state index contributed by atoms with van der Waals surface area (Å²) >= 11 is 0. The predicted octanol–water partition coefficient (Wildman–Crippen LogP) is -1.08. The van der Waals surface area contributed by atoms with Crippen molar-refractivity contribution in [3.8, 4) is 0 Å². The number of hydrogen-bond donors (Lipinski definition) is 1. The van der Waals surface area contributed by atoms with Crippen molar-refractivity contribution in [2.45, 2.75) is 25.8 Å². The number of amides is 1. The topological polar surface area (TPSA) is 89.5 Å². The zero-order valence-corrected chi connectivity index (χ0v) is 7.53. The molecule has 0 radical (unpaired) electrons. The van der Waals surface area contributed by atoms with Crippen molar-refractivity contribution in [1.82, 2.24) is 5.32 Å². The van der Waals surface area contributed by atoms with Crippen LogP contribution in [-0.2, 0) is 23.9 Å². The molecule has 0 spiro atoms. The van der Waals surface area contributed by atoms with E-state index in [1.165, 1.54) is 6.92 Å². The number of nitrogens with one attached hydrogen (secondary N) is 1. The molecule has 0 aromatic rings. The molecule has 1 atom stereocenters. The Labute approximate surface area is 79.6 Å². The minimum absolute atomic E-state index is 0.164. The molecule has 0 saturated carbocycles. The summed E-state index contributed by atoms with van der Waals surface area (Å²) in [6, 6.07) is -0.936. The summed E-state index contributed by atoms with van der Waals surface area (Å²) in [5, 5.41) is 2.24. The number of cyclic esters (lactones) is 2. The zero-order valence-electron chi connectivity index (χ0n) is 7.53. The van der Waals surface area contributed by atoms with Crippen molar-refractivity contribution in [1.29, 1.82) is 0 Å². The van der Waals surface area contributed by atoms with Gasteiger partial charge in [-0.2, -0.15) is 0 Å². The molecule has 1 amide bonds. The van der Waals surface area contributed by atoms with E-state index in [4.69, 9.17) is 0 Å². The van der Waals surface area contributed by atoms with E-state index in [2.05, 4.69) is 10.1 Å². The largest absolute Gasteiger partial charge is 0.392 e. The minimum atomic E-state index is -0.936. The van der Waals surface area contributed by atoms with Crippen LogP contribution in [0.4, 0.5) is 0 Å². The molecule has 0 aliphatic carbocycles. The lowest BCUT2D eigenvalue weighted by Gasteiger charge is -2.05. The van der Waals surface area contributed by atoms with Gasteiger partial charge in [0.25, 0.3) is 0 Å². The van der Waals surface area contributed by atoms with Gasteiger partial charge in [-0.3, -0.25) is 14.4 Å². The van der Waals surface area contributed by atoms with E-state index in [0.717, 1.165) is 0 Å². The Bertz CT molecular complexity index is 309. The van der Waals surface area contributed by atoms with E-state index in [1.54, 1.807) is 0 Å². The number of ketones is 1. The number of ether oxygens (including phenoxy) is 1. The first-order valence-electron chi connectivity index (χ1n) is 4.02. The number of rotatable bonds is 3. The van der Waals surface area contributed by atoms with Crippen LogP contribution in [0.2, 0.25) is 0 Å². The van der Waals surface area contributed by atoms with Crippen molar-refractivity contribution in [2.75, 3.05) is 0 Å². The minimum Gasteiger partial charge on any atom is -0.392 e. The molecule has 1 rings (SSSR count). The number of hydrogen-bond acceptors (Lipinski definition) is 5. The molecule has 0 bridgehead atoms. The summed E-state index contributed by atoms with van der Waals surface area (Å²) in [5.41, 5.74) is 0. The summed E-state index contributed by atoms with van der Waals surface area (Å²) in [6.07, 6.45) is -0.458. The highest BCUT2D eigenvalue weighted by Crippen LogP contribution is 2.07. The monoisotopic (exact) mass is 199 g/mol. The molecular formula is C8H9NO5. The molecule has 1 N–H and O–H groups in total. The molecule has 1 aliphatic rings. The maximum absolute atomic E-state index is 11.0. The van der Waals surface area contributed by atoms with Gasteiger partial charge in [0.1, 0.15) is 11.8 Å². The fraction of sp³-hybridized carbons (Fsp3) is 0.500. The highest BCUT2D eigenvalue weighted by molar-refractivity contribution is 6.02. The van der Waals surface area contributed by atoms with Gasteiger partial charge in [-0.05, 0) is 6.92 Å². The van der Waals surface area contributed by atoms with Crippen LogP contribution >= 0.6 is 0 Å². The van der Waals surface area contributed by atoms with Crippen molar-refractivity contribution in [3.05, 3.63) is 0 Å². The van der Waals surface area contributed by atoms with E-state index in [-0.39, 0.29) is 18.6 Å². The Morgan fingerprint density at radius 2 is 2.14 bits per heavy atom. The maximum Gasteiger partial charge on any atom is 0.336 e. The molecule has 1 fully saturated rings. The van der Waals surface area contributed by atoms with Crippen LogP contribution in [0, 0.1) is 0 Å². The van der Waals surface area contributed by atoms with Gasteiger partial charge < -0.3 is 10.1 Å². The van der Waals surface area contributed by atoms with Crippen LogP contribution in [0.25, 0.3) is 0 Å². The molecule has 14 heavy (non-hydrogen) atoms. The Balaban J connectivity index is 2.45. The lowest BCUT2D eigenvalue weighted by molar-refractivity contribution is -0.153. The number of Topliss-reactive ketones (excluding diaryl/α,β-unsaturated/α-hetero) is 1. The van der Waals surface area contributed by atoms with Gasteiger partial charge in [0.05, 0.1) is 12.8 Å². The molecule has 6 heteroatoms. The first-order chi connectivity index (χ1) is 6.49. The van der Waals surface area contributed by atoms with Crippen LogP contribution < -0.4 is 5.32 Å². The fourth-order valence-corrected chi connectivity index (χ4v) is 1.06. The van der Waals surface area contributed by atoms with Gasteiger partial charge in [0.15, 0.2) is 0 Å². The summed E-state index contributed by atoms with van der Waals surface area (Å²) < 4.78 is 4.20. The van der Waals surface area contributed by atoms with Crippen LogP contribution in [-0.4, -0.2) is 29.7 Å². The van der Waals surface area contributed by atoms with E-state index < -0.39 is 23.9 Å².